The molecule has 0 saturated carbocycles. The quantitative estimate of drug-likeness (QED) is 0.848. The third-order valence-electron chi connectivity index (χ3n) is 3.96. The topological polar surface area (TPSA) is 79.5 Å². The second-order valence-corrected chi connectivity index (χ2v) is 6.63. The Labute approximate surface area is 145 Å². The van der Waals surface area contributed by atoms with Gasteiger partial charge in [0.15, 0.2) is 5.75 Å². The van der Waals surface area contributed by atoms with Gasteiger partial charge in [0, 0.05) is 18.0 Å². The number of ketones is 1. The Balaban J connectivity index is 1.84. The maximum absolute atomic E-state index is 12.3. The van der Waals surface area contributed by atoms with E-state index in [0.717, 1.165) is 5.56 Å². The predicted molar refractivity (Wildman–Crippen MR) is 94.1 cm³/mol. The third kappa shape index (κ3) is 3.33. The Kier molecular flexibility index (Phi) is 4.44. The molecule has 0 radical (unpaired) electrons. The molecule has 3 rings (SSSR count). The smallest absolute Gasteiger partial charge is 0.299 e. The molecular formula is C19H20N2O4. The van der Waals surface area contributed by atoms with Crippen LogP contribution in [0.15, 0.2) is 35.3 Å². The Bertz CT molecular complexity index is 899. The lowest BCUT2D eigenvalue weighted by Gasteiger charge is -2.17. The van der Waals surface area contributed by atoms with Gasteiger partial charge in [-0.15, -0.1) is 0 Å². The standard InChI is InChI=1S/C19H20N2O4/c1-11(2)10-25-17-8-20-13(7-16(17)22)9-21-15-5-4-12(3)6-14(15)18(23)19(21)24/h4-8,11H,9-10H2,1-3H3,(H,20,22). The molecule has 0 aliphatic carbocycles. The summed E-state index contributed by atoms with van der Waals surface area (Å²) in [5.74, 6) is -0.538. The molecule has 1 aromatic heterocycles. The van der Waals surface area contributed by atoms with Crippen LogP contribution in [0.2, 0.25) is 0 Å². The Morgan fingerprint density at radius 1 is 1.16 bits per heavy atom. The van der Waals surface area contributed by atoms with Crippen LogP contribution in [0.25, 0.3) is 0 Å². The number of ether oxygens (including phenoxy) is 1. The molecule has 0 atom stereocenters. The number of aromatic amines is 1. The van der Waals surface area contributed by atoms with Crippen molar-refractivity contribution in [3.8, 4) is 5.75 Å². The van der Waals surface area contributed by atoms with Crippen LogP contribution in [0.4, 0.5) is 5.69 Å². The normalized spacial score (nSPS) is 13.5. The summed E-state index contributed by atoms with van der Waals surface area (Å²) in [7, 11) is 0. The molecule has 0 bridgehead atoms. The minimum Gasteiger partial charge on any atom is -0.488 e. The van der Waals surface area contributed by atoms with Crippen molar-refractivity contribution < 1.29 is 14.3 Å². The zero-order valence-corrected chi connectivity index (χ0v) is 14.5. The highest BCUT2D eigenvalue weighted by Crippen LogP contribution is 2.30. The molecule has 25 heavy (non-hydrogen) atoms. The number of H-pyrrole nitrogens is 1. The number of carbonyl (C=O) groups is 2. The SMILES string of the molecule is Cc1ccc2c(c1)C(=O)C(=O)N2Cc1cc(=O)c(OCC(C)C)c[nH]1. The molecule has 6 nitrogen and oxygen atoms in total. The third-order valence-corrected chi connectivity index (χ3v) is 3.96. The van der Waals surface area contributed by atoms with E-state index in [1.807, 2.05) is 26.8 Å². The number of fused-ring (bicyclic) bond motifs is 1. The monoisotopic (exact) mass is 340 g/mol. The van der Waals surface area contributed by atoms with Crippen LogP contribution in [0, 0.1) is 12.8 Å². The number of aromatic nitrogens is 1. The number of nitrogens with zero attached hydrogens (tertiary/aromatic N) is 1. The van der Waals surface area contributed by atoms with Crippen molar-refractivity contribution in [1.82, 2.24) is 4.98 Å². The molecule has 0 saturated heterocycles. The van der Waals surface area contributed by atoms with E-state index < -0.39 is 11.7 Å². The van der Waals surface area contributed by atoms with Crippen molar-refractivity contribution in [1.29, 1.82) is 0 Å². The van der Waals surface area contributed by atoms with Crippen molar-refractivity contribution in [2.24, 2.45) is 5.92 Å². The van der Waals surface area contributed by atoms with Gasteiger partial charge in [-0.3, -0.25) is 19.3 Å². The maximum Gasteiger partial charge on any atom is 0.299 e. The van der Waals surface area contributed by atoms with E-state index in [9.17, 15) is 14.4 Å². The summed E-state index contributed by atoms with van der Waals surface area (Å²) in [6, 6.07) is 6.72. The lowest BCUT2D eigenvalue weighted by molar-refractivity contribution is -0.114. The summed E-state index contributed by atoms with van der Waals surface area (Å²) in [6.45, 7) is 6.44. The molecular weight excluding hydrogens is 320 g/mol. The Morgan fingerprint density at radius 2 is 1.92 bits per heavy atom. The molecule has 1 aromatic carbocycles. The second-order valence-electron chi connectivity index (χ2n) is 6.63. The summed E-state index contributed by atoms with van der Waals surface area (Å²) in [5, 5.41) is 0. The lowest BCUT2D eigenvalue weighted by atomic mass is 10.1. The van der Waals surface area contributed by atoms with E-state index in [1.54, 1.807) is 12.1 Å². The molecule has 2 heterocycles. The summed E-state index contributed by atoms with van der Waals surface area (Å²) in [4.78, 5) is 40.9. The van der Waals surface area contributed by atoms with Crippen LogP contribution in [-0.4, -0.2) is 23.3 Å². The number of pyridine rings is 1. The number of Topliss-reactive ketones (excluding diaryl/α,β-unsaturated/α-hetero) is 1. The number of benzene rings is 1. The predicted octanol–water partition coefficient (Wildman–Crippen LogP) is 2.45. The Morgan fingerprint density at radius 3 is 2.60 bits per heavy atom. The number of hydrogen-bond donors (Lipinski definition) is 1. The fourth-order valence-corrected chi connectivity index (χ4v) is 2.70. The molecule has 0 unspecified atom stereocenters. The summed E-state index contributed by atoms with van der Waals surface area (Å²) in [6.07, 6.45) is 1.50. The first-order valence-corrected chi connectivity index (χ1v) is 8.18. The number of hydrogen-bond acceptors (Lipinski definition) is 4. The van der Waals surface area contributed by atoms with Gasteiger partial charge < -0.3 is 9.72 Å². The van der Waals surface area contributed by atoms with Gasteiger partial charge >= 0.3 is 0 Å². The van der Waals surface area contributed by atoms with Crippen LogP contribution >= 0.6 is 0 Å². The van der Waals surface area contributed by atoms with Gasteiger partial charge in [0.25, 0.3) is 11.7 Å². The van der Waals surface area contributed by atoms with Crippen LogP contribution in [-0.2, 0) is 11.3 Å². The average Bonchev–Trinajstić information content (AvgIpc) is 2.79. The van der Waals surface area contributed by atoms with Crippen LogP contribution < -0.4 is 15.1 Å². The molecule has 1 aliphatic heterocycles. The molecule has 130 valence electrons. The number of rotatable bonds is 5. The highest BCUT2D eigenvalue weighted by Gasteiger charge is 2.35. The van der Waals surface area contributed by atoms with E-state index >= 15 is 0 Å². The first-order chi connectivity index (χ1) is 11.9. The van der Waals surface area contributed by atoms with Gasteiger partial charge in [0.2, 0.25) is 5.43 Å². The van der Waals surface area contributed by atoms with E-state index in [4.69, 9.17) is 4.74 Å². The summed E-state index contributed by atoms with van der Waals surface area (Å²) >= 11 is 0. The summed E-state index contributed by atoms with van der Waals surface area (Å²) in [5.41, 5.74) is 2.18. The first-order valence-electron chi connectivity index (χ1n) is 8.18. The molecule has 1 amide bonds. The second kappa shape index (κ2) is 6.55. The van der Waals surface area contributed by atoms with Crippen molar-refractivity contribution in [3.63, 3.8) is 0 Å². The van der Waals surface area contributed by atoms with Gasteiger partial charge in [-0.25, -0.2) is 0 Å². The zero-order valence-electron chi connectivity index (χ0n) is 14.5. The van der Waals surface area contributed by atoms with Crippen LogP contribution in [0.1, 0.15) is 35.5 Å². The van der Waals surface area contributed by atoms with E-state index in [0.29, 0.717) is 29.5 Å². The van der Waals surface area contributed by atoms with Crippen LogP contribution in [0.3, 0.4) is 0 Å². The van der Waals surface area contributed by atoms with E-state index in [1.165, 1.54) is 17.2 Å². The number of aryl methyl sites for hydroxylation is 1. The summed E-state index contributed by atoms with van der Waals surface area (Å²) < 4.78 is 5.45. The minimum absolute atomic E-state index is 0.125. The zero-order chi connectivity index (χ0) is 18.1. The van der Waals surface area contributed by atoms with E-state index in [2.05, 4.69) is 4.98 Å². The fourth-order valence-electron chi connectivity index (χ4n) is 2.70. The van der Waals surface area contributed by atoms with Crippen molar-refractivity contribution >= 4 is 17.4 Å². The molecule has 0 spiro atoms. The molecule has 1 N–H and O–H groups in total. The van der Waals surface area contributed by atoms with Gasteiger partial charge in [-0.2, -0.15) is 0 Å². The molecule has 1 aliphatic rings. The largest absolute Gasteiger partial charge is 0.488 e. The van der Waals surface area contributed by atoms with Gasteiger partial charge in [-0.1, -0.05) is 25.5 Å². The van der Waals surface area contributed by atoms with Crippen LogP contribution in [0.5, 0.6) is 5.75 Å². The molecule has 2 aromatic rings. The maximum atomic E-state index is 12.3. The number of carbonyl (C=O) groups excluding carboxylic acids is 2. The lowest BCUT2D eigenvalue weighted by Crippen LogP contribution is -2.30. The van der Waals surface area contributed by atoms with Crippen molar-refractivity contribution in [2.75, 3.05) is 11.5 Å². The minimum atomic E-state index is -0.582. The molecule has 6 heteroatoms. The first kappa shape index (κ1) is 17.0. The highest BCUT2D eigenvalue weighted by molar-refractivity contribution is 6.52. The number of anilines is 1. The van der Waals surface area contributed by atoms with Crippen molar-refractivity contribution in [3.05, 3.63) is 57.5 Å². The van der Waals surface area contributed by atoms with Gasteiger partial charge in [-0.05, 0) is 25.0 Å². The van der Waals surface area contributed by atoms with Gasteiger partial charge in [0.1, 0.15) is 0 Å². The fraction of sp³-hybridized carbons (Fsp3) is 0.316. The van der Waals surface area contributed by atoms with E-state index in [-0.39, 0.29) is 17.7 Å². The Hall–Kier alpha value is -2.89. The average molecular weight is 340 g/mol. The highest BCUT2D eigenvalue weighted by atomic mass is 16.5. The number of amides is 1. The van der Waals surface area contributed by atoms with Crippen molar-refractivity contribution in [2.45, 2.75) is 27.3 Å². The van der Waals surface area contributed by atoms with Gasteiger partial charge in [0.05, 0.1) is 24.4 Å². The number of nitrogens with one attached hydrogen (secondary N) is 1. The molecule has 0 fully saturated rings.